The van der Waals surface area contributed by atoms with E-state index in [4.69, 9.17) is 0 Å². The molecule has 0 amide bonds. The Kier molecular flexibility index (Phi) is 2.72. The number of nitrogens with one attached hydrogen (secondary N) is 1. The highest BCUT2D eigenvalue weighted by molar-refractivity contribution is 5.08. The Morgan fingerprint density at radius 1 is 1.50 bits per heavy atom. The maximum atomic E-state index is 4.53. The van der Waals surface area contributed by atoms with Crippen LogP contribution in [0.15, 0.2) is 6.20 Å². The number of rotatable bonds is 3. The Labute approximate surface area is 84.2 Å². The van der Waals surface area contributed by atoms with E-state index in [1.165, 1.54) is 19.3 Å². The molecular weight excluding hydrogens is 176 g/mol. The van der Waals surface area contributed by atoms with E-state index in [2.05, 4.69) is 20.5 Å². The molecule has 4 heteroatoms. The molecule has 1 atom stereocenters. The van der Waals surface area contributed by atoms with Crippen molar-refractivity contribution in [1.82, 2.24) is 20.5 Å². The maximum absolute atomic E-state index is 4.53. The summed E-state index contributed by atoms with van der Waals surface area (Å²) in [5, 5.41) is 11.1. The third-order valence-corrected chi connectivity index (χ3v) is 2.94. The van der Waals surface area contributed by atoms with Crippen LogP contribution in [-0.4, -0.2) is 22.2 Å². The second kappa shape index (κ2) is 4.00. The van der Waals surface area contributed by atoms with Gasteiger partial charge < -0.3 is 5.32 Å². The van der Waals surface area contributed by atoms with Crippen molar-refractivity contribution < 1.29 is 0 Å². The minimum Gasteiger partial charge on any atom is -0.311 e. The van der Waals surface area contributed by atoms with Crippen molar-refractivity contribution in [2.24, 2.45) is 0 Å². The van der Waals surface area contributed by atoms with Crippen molar-refractivity contribution in [2.75, 3.05) is 7.05 Å². The predicted molar refractivity (Wildman–Crippen MR) is 53.9 cm³/mol. The van der Waals surface area contributed by atoms with Gasteiger partial charge in [-0.3, -0.25) is 0 Å². The third-order valence-electron chi connectivity index (χ3n) is 2.94. The van der Waals surface area contributed by atoms with Crippen LogP contribution in [0.2, 0.25) is 0 Å². The van der Waals surface area contributed by atoms with E-state index in [0.717, 1.165) is 11.5 Å². The molecule has 2 rings (SSSR count). The summed E-state index contributed by atoms with van der Waals surface area (Å²) in [6.07, 6.45) is 5.64. The van der Waals surface area contributed by atoms with Gasteiger partial charge >= 0.3 is 0 Å². The van der Waals surface area contributed by atoms with Gasteiger partial charge in [0.05, 0.1) is 17.9 Å². The average Bonchev–Trinajstić information content (AvgIpc) is 2.14. The van der Waals surface area contributed by atoms with Crippen molar-refractivity contribution in [3.8, 4) is 0 Å². The lowest BCUT2D eigenvalue weighted by atomic mass is 9.83. The zero-order chi connectivity index (χ0) is 9.97. The van der Waals surface area contributed by atoms with Crippen molar-refractivity contribution >= 4 is 0 Å². The van der Waals surface area contributed by atoms with Crippen LogP contribution in [0.3, 0.4) is 0 Å². The molecule has 1 unspecified atom stereocenters. The fraction of sp³-hybridized carbons (Fsp3) is 0.700. The average molecular weight is 192 g/mol. The van der Waals surface area contributed by atoms with E-state index in [1.807, 2.05) is 14.0 Å². The molecule has 1 aliphatic carbocycles. The molecular formula is C10H16N4. The number of hydrogen-bond acceptors (Lipinski definition) is 4. The Morgan fingerprint density at radius 3 is 2.86 bits per heavy atom. The summed E-state index contributed by atoms with van der Waals surface area (Å²) in [4.78, 5) is 4.53. The molecule has 1 fully saturated rings. The molecule has 0 aliphatic heterocycles. The maximum Gasteiger partial charge on any atom is 0.167 e. The van der Waals surface area contributed by atoms with Gasteiger partial charge in [-0.1, -0.05) is 6.42 Å². The van der Waals surface area contributed by atoms with Gasteiger partial charge in [-0.15, -0.1) is 5.10 Å². The molecule has 0 bridgehead atoms. The second-order valence-corrected chi connectivity index (χ2v) is 3.88. The summed E-state index contributed by atoms with van der Waals surface area (Å²) < 4.78 is 0. The molecule has 4 nitrogen and oxygen atoms in total. The molecule has 1 aliphatic rings. The number of nitrogens with zero attached hydrogens (tertiary/aromatic N) is 3. The molecule has 1 heterocycles. The minimum absolute atomic E-state index is 0.183. The lowest BCUT2D eigenvalue weighted by Crippen LogP contribution is -2.19. The SMILES string of the molecule is CNC(C)c1nncc(C2CCC2)n1. The van der Waals surface area contributed by atoms with Crippen molar-refractivity contribution in [3.05, 3.63) is 17.7 Å². The van der Waals surface area contributed by atoms with Crippen LogP contribution >= 0.6 is 0 Å². The molecule has 1 N–H and O–H groups in total. The number of aromatic nitrogens is 3. The van der Waals surface area contributed by atoms with Crippen LogP contribution in [0, 0.1) is 0 Å². The molecule has 0 aromatic carbocycles. The van der Waals surface area contributed by atoms with Gasteiger partial charge in [-0.05, 0) is 26.8 Å². The summed E-state index contributed by atoms with van der Waals surface area (Å²) in [6, 6.07) is 0.183. The molecule has 1 aromatic heterocycles. The molecule has 0 radical (unpaired) electrons. The molecule has 14 heavy (non-hydrogen) atoms. The Hall–Kier alpha value is -1.03. The predicted octanol–water partition coefficient (Wildman–Crippen LogP) is 1.42. The lowest BCUT2D eigenvalue weighted by molar-refractivity contribution is 0.405. The first-order valence-electron chi connectivity index (χ1n) is 5.18. The molecule has 1 saturated carbocycles. The van der Waals surface area contributed by atoms with Gasteiger partial charge in [0.15, 0.2) is 5.82 Å². The minimum atomic E-state index is 0.183. The zero-order valence-electron chi connectivity index (χ0n) is 8.70. The zero-order valence-corrected chi connectivity index (χ0v) is 8.70. The van der Waals surface area contributed by atoms with E-state index in [9.17, 15) is 0 Å². The van der Waals surface area contributed by atoms with Gasteiger partial charge in [-0.2, -0.15) is 5.10 Å². The molecule has 0 saturated heterocycles. The van der Waals surface area contributed by atoms with Crippen molar-refractivity contribution in [2.45, 2.75) is 38.1 Å². The monoisotopic (exact) mass is 192 g/mol. The quantitative estimate of drug-likeness (QED) is 0.787. The van der Waals surface area contributed by atoms with Gasteiger partial charge in [-0.25, -0.2) is 4.98 Å². The summed E-state index contributed by atoms with van der Waals surface area (Å²) in [7, 11) is 1.91. The molecule has 0 spiro atoms. The van der Waals surface area contributed by atoms with E-state index in [1.54, 1.807) is 6.20 Å². The van der Waals surface area contributed by atoms with Crippen LogP contribution in [0.1, 0.15) is 49.7 Å². The van der Waals surface area contributed by atoms with Gasteiger partial charge in [0, 0.05) is 5.92 Å². The summed E-state index contributed by atoms with van der Waals surface area (Å²) >= 11 is 0. The second-order valence-electron chi connectivity index (χ2n) is 3.88. The van der Waals surface area contributed by atoms with Crippen LogP contribution in [-0.2, 0) is 0 Å². The largest absolute Gasteiger partial charge is 0.311 e. The van der Waals surface area contributed by atoms with E-state index in [0.29, 0.717) is 5.92 Å². The fourth-order valence-electron chi connectivity index (χ4n) is 1.54. The van der Waals surface area contributed by atoms with E-state index < -0.39 is 0 Å². The first-order valence-corrected chi connectivity index (χ1v) is 5.18. The van der Waals surface area contributed by atoms with Crippen molar-refractivity contribution in [3.63, 3.8) is 0 Å². The fourth-order valence-corrected chi connectivity index (χ4v) is 1.54. The van der Waals surface area contributed by atoms with Gasteiger partial charge in [0.25, 0.3) is 0 Å². The van der Waals surface area contributed by atoms with E-state index >= 15 is 0 Å². The Morgan fingerprint density at radius 2 is 2.29 bits per heavy atom. The Bertz CT molecular complexity index is 289. The molecule has 76 valence electrons. The standard InChI is InChI=1S/C10H16N4/c1-7(11-2)10-13-9(6-12-14-10)8-4-3-5-8/h6-8,11H,3-5H2,1-2H3. The van der Waals surface area contributed by atoms with Gasteiger partial charge in [0.2, 0.25) is 0 Å². The summed E-state index contributed by atoms with van der Waals surface area (Å²) in [5.74, 6) is 1.44. The van der Waals surface area contributed by atoms with E-state index in [-0.39, 0.29) is 6.04 Å². The highest BCUT2D eigenvalue weighted by atomic mass is 15.2. The summed E-state index contributed by atoms with van der Waals surface area (Å²) in [5.41, 5.74) is 1.11. The van der Waals surface area contributed by atoms with Crippen LogP contribution in [0.5, 0.6) is 0 Å². The van der Waals surface area contributed by atoms with Gasteiger partial charge in [0.1, 0.15) is 0 Å². The van der Waals surface area contributed by atoms with Crippen LogP contribution in [0.4, 0.5) is 0 Å². The smallest absolute Gasteiger partial charge is 0.167 e. The summed E-state index contributed by atoms with van der Waals surface area (Å²) in [6.45, 7) is 2.04. The highest BCUT2D eigenvalue weighted by Gasteiger charge is 2.22. The van der Waals surface area contributed by atoms with Crippen LogP contribution < -0.4 is 5.32 Å². The number of hydrogen-bond donors (Lipinski definition) is 1. The molecule has 1 aromatic rings. The normalized spacial score (nSPS) is 19.0. The topological polar surface area (TPSA) is 50.7 Å². The lowest BCUT2D eigenvalue weighted by Gasteiger charge is -2.24. The van der Waals surface area contributed by atoms with Crippen LogP contribution in [0.25, 0.3) is 0 Å². The highest BCUT2D eigenvalue weighted by Crippen LogP contribution is 2.34. The Balaban J connectivity index is 2.17. The van der Waals surface area contributed by atoms with Crippen molar-refractivity contribution in [1.29, 1.82) is 0 Å². The first-order chi connectivity index (χ1) is 6.81. The third kappa shape index (κ3) is 1.75. The first kappa shape index (κ1) is 9.52.